The highest BCUT2D eigenvalue weighted by molar-refractivity contribution is 5.64. The molecule has 0 atom stereocenters. The Labute approximate surface area is 134 Å². The quantitative estimate of drug-likeness (QED) is 0.799. The third-order valence-corrected chi connectivity index (χ3v) is 3.81. The van der Waals surface area contributed by atoms with Crippen molar-refractivity contribution in [3.63, 3.8) is 0 Å². The predicted octanol–water partition coefficient (Wildman–Crippen LogP) is 3.69. The number of hydrogen-bond donors (Lipinski definition) is 1. The highest BCUT2D eigenvalue weighted by Crippen LogP contribution is 2.26. The number of nitrogens with zero attached hydrogens (tertiary/aromatic N) is 3. The fraction of sp³-hybridized carbons (Fsp3) is 0.222. The van der Waals surface area contributed by atoms with Gasteiger partial charge in [0.2, 0.25) is 0 Å². The largest absolute Gasteiger partial charge is 0.390 e. The molecule has 4 nitrogen and oxygen atoms in total. The molecule has 0 unspecified atom stereocenters. The van der Waals surface area contributed by atoms with Crippen LogP contribution in [0, 0.1) is 5.82 Å². The van der Waals surface area contributed by atoms with Crippen LogP contribution in [0.25, 0.3) is 16.9 Å². The van der Waals surface area contributed by atoms with Crippen LogP contribution in [0.2, 0.25) is 0 Å². The van der Waals surface area contributed by atoms with Gasteiger partial charge in [-0.25, -0.2) is 9.07 Å². The third-order valence-electron chi connectivity index (χ3n) is 3.81. The first-order chi connectivity index (χ1) is 11.1. The maximum atomic E-state index is 13.2. The van der Waals surface area contributed by atoms with Crippen LogP contribution >= 0.6 is 0 Å². The second-order valence-corrected chi connectivity index (χ2v) is 5.71. The Hall–Kier alpha value is -2.53. The number of aromatic nitrogens is 3. The van der Waals surface area contributed by atoms with Gasteiger partial charge >= 0.3 is 0 Å². The molecule has 2 aromatic carbocycles. The van der Waals surface area contributed by atoms with Crippen molar-refractivity contribution >= 4 is 0 Å². The summed E-state index contributed by atoms with van der Waals surface area (Å²) in [4.78, 5) is 0. The highest BCUT2D eigenvalue weighted by Gasteiger charge is 2.16. The standard InChI is InChI=1S/C18H18FN3O/c1-12(2)13-5-9-16(10-6-13)22-18(17(11-23)20-21-22)14-3-7-15(19)8-4-14/h3-10,12,23H,11H2,1-2H3. The Morgan fingerprint density at radius 3 is 2.26 bits per heavy atom. The van der Waals surface area contributed by atoms with E-state index in [1.807, 2.05) is 12.1 Å². The van der Waals surface area contributed by atoms with Gasteiger partial charge in [0.05, 0.1) is 12.3 Å². The van der Waals surface area contributed by atoms with E-state index in [1.54, 1.807) is 16.8 Å². The van der Waals surface area contributed by atoms with Gasteiger partial charge in [0.1, 0.15) is 17.2 Å². The fourth-order valence-corrected chi connectivity index (χ4v) is 2.50. The molecule has 118 valence electrons. The van der Waals surface area contributed by atoms with Gasteiger partial charge in [-0.3, -0.25) is 0 Å². The van der Waals surface area contributed by atoms with Crippen LogP contribution < -0.4 is 0 Å². The zero-order valence-electron chi connectivity index (χ0n) is 13.1. The van der Waals surface area contributed by atoms with Crippen molar-refractivity contribution in [3.8, 4) is 16.9 Å². The van der Waals surface area contributed by atoms with Crippen molar-refractivity contribution in [1.82, 2.24) is 15.0 Å². The third kappa shape index (κ3) is 3.00. The Kier molecular flexibility index (Phi) is 4.21. The van der Waals surface area contributed by atoms with Crippen LogP contribution in [0.15, 0.2) is 48.5 Å². The summed E-state index contributed by atoms with van der Waals surface area (Å²) in [6.07, 6.45) is 0. The molecule has 3 aromatic rings. The molecular formula is C18H18FN3O. The van der Waals surface area contributed by atoms with Crippen molar-refractivity contribution in [3.05, 3.63) is 65.6 Å². The van der Waals surface area contributed by atoms with E-state index in [-0.39, 0.29) is 12.4 Å². The molecule has 0 spiro atoms. The molecule has 0 aliphatic rings. The van der Waals surface area contributed by atoms with E-state index in [0.717, 1.165) is 11.3 Å². The summed E-state index contributed by atoms with van der Waals surface area (Å²) in [5, 5.41) is 17.7. The highest BCUT2D eigenvalue weighted by atomic mass is 19.1. The van der Waals surface area contributed by atoms with Crippen LogP contribution in [-0.2, 0) is 6.61 Å². The van der Waals surface area contributed by atoms with Gasteiger partial charge in [-0.15, -0.1) is 5.10 Å². The Balaban J connectivity index is 2.09. The number of aliphatic hydroxyl groups is 1. The minimum atomic E-state index is -0.306. The first kappa shape index (κ1) is 15.4. The normalized spacial score (nSPS) is 11.2. The maximum Gasteiger partial charge on any atom is 0.123 e. The monoisotopic (exact) mass is 311 g/mol. The van der Waals surface area contributed by atoms with Crippen LogP contribution in [0.1, 0.15) is 31.0 Å². The van der Waals surface area contributed by atoms with Crippen molar-refractivity contribution < 1.29 is 9.50 Å². The lowest BCUT2D eigenvalue weighted by molar-refractivity contribution is 0.277. The molecule has 0 radical (unpaired) electrons. The van der Waals surface area contributed by atoms with Gasteiger partial charge in [-0.05, 0) is 47.9 Å². The molecule has 0 bridgehead atoms. The fourth-order valence-electron chi connectivity index (χ4n) is 2.50. The van der Waals surface area contributed by atoms with E-state index in [1.165, 1.54) is 17.7 Å². The van der Waals surface area contributed by atoms with Gasteiger partial charge in [0.25, 0.3) is 0 Å². The molecule has 0 aliphatic heterocycles. The molecular weight excluding hydrogens is 293 g/mol. The molecule has 1 heterocycles. The van der Waals surface area contributed by atoms with E-state index in [9.17, 15) is 9.50 Å². The Bertz CT molecular complexity index is 792. The maximum absolute atomic E-state index is 13.2. The molecule has 0 saturated heterocycles. The summed E-state index contributed by atoms with van der Waals surface area (Å²) < 4.78 is 14.8. The van der Waals surface area contributed by atoms with Crippen molar-refractivity contribution in [2.24, 2.45) is 0 Å². The molecule has 5 heteroatoms. The molecule has 23 heavy (non-hydrogen) atoms. The van der Waals surface area contributed by atoms with Crippen molar-refractivity contribution in [2.45, 2.75) is 26.4 Å². The van der Waals surface area contributed by atoms with Gasteiger partial charge in [0.15, 0.2) is 0 Å². The lowest BCUT2D eigenvalue weighted by atomic mass is 10.0. The van der Waals surface area contributed by atoms with Crippen LogP contribution in [0.5, 0.6) is 0 Å². The smallest absolute Gasteiger partial charge is 0.123 e. The van der Waals surface area contributed by atoms with Crippen molar-refractivity contribution in [1.29, 1.82) is 0 Å². The van der Waals surface area contributed by atoms with Gasteiger partial charge in [-0.2, -0.15) is 0 Å². The summed E-state index contributed by atoms with van der Waals surface area (Å²) >= 11 is 0. The molecule has 1 N–H and O–H groups in total. The molecule has 0 amide bonds. The minimum Gasteiger partial charge on any atom is -0.390 e. The van der Waals surface area contributed by atoms with E-state index < -0.39 is 0 Å². The van der Waals surface area contributed by atoms with Gasteiger partial charge in [-0.1, -0.05) is 31.2 Å². The number of halogens is 1. The van der Waals surface area contributed by atoms with Gasteiger partial charge < -0.3 is 5.11 Å². The topological polar surface area (TPSA) is 50.9 Å². The average Bonchev–Trinajstić information content (AvgIpc) is 2.99. The summed E-state index contributed by atoms with van der Waals surface area (Å²) in [5.41, 5.74) is 3.98. The average molecular weight is 311 g/mol. The van der Waals surface area contributed by atoms with Crippen LogP contribution in [-0.4, -0.2) is 20.1 Å². The summed E-state index contributed by atoms with van der Waals surface area (Å²) in [5.74, 6) is 0.143. The van der Waals surface area contributed by atoms with Crippen LogP contribution in [0.3, 0.4) is 0 Å². The Morgan fingerprint density at radius 1 is 1.04 bits per heavy atom. The number of aliphatic hydroxyl groups excluding tert-OH is 1. The Morgan fingerprint density at radius 2 is 1.70 bits per heavy atom. The lowest BCUT2D eigenvalue weighted by Gasteiger charge is -2.10. The first-order valence-electron chi connectivity index (χ1n) is 7.52. The number of hydrogen-bond acceptors (Lipinski definition) is 3. The first-order valence-corrected chi connectivity index (χ1v) is 7.52. The molecule has 0 aliphatic carbocycles. The zero-order valence-corrected chi connectivity index (χ0v) is 13.1. The van der Waals surface area contributed by atoms with E-state index >= 15 is 0 Å². The van der Waals surface area contributed by atoms with Crippen molar-refractivity contribution in [2.75, 3.05) is 0 Å². The van der Waals surface area contributed by atoms with E-state index in [4.69, 9.17) is 0 Å². The minimum absolute atomic E-state index is 0.225. The zero-order chi connectivity index (χ0) is 16.4. The molecule has 3 rings (SSSR count). The predicted molar refractivity (Wildman–Crippen MR) is 86.8 cm³/mol. The van der Waals surface area contributed by atoms with Gasteiger partial charge in [0, 0.05) is 5.56 Å². The SMILES string of the molecule is CC(C)c1ccc(-n2nnc(CO)c2-c2ccc(F)cc2)cc1. The molecule has 1 aromatic heterocycles. The second-order valence-electron chi connectivity index (χ2n) is 5.71. The number of benzene rings is 2. The number of rotatable bonds is 4. The lowest BCUT2D eigenvalue weighted by Crippen LogP contribution is -2.01. The molecule has 0 fully saturated rings. The second kappa shape index (κ2) is 6.30. The van der Waals surface area contributed by atoms with E-state index in [2.05, 4.69) is 36.3 Å². The van der Waals surface area contributed by atoms with Crippen LogP contribution in [0.4, 0.5) is 4.39 Å². The van der Waals surface area contributed by atoms with E-state index in [0.29, 0.717) is 17.3 Å². The summed E-state index contributed by atoms with van der Waals surface area (Å²) in [6, 6.07) is 14.1. The summed E-state index contributed by atoms with van der Waals surface area (Å²) in [6.45, 7) is 4.05. The summed E-state index contributed by atoms with van der Waals surface area (Å²) in [7, 11) is 0. The molecule has 0 saturated carbocycles.